The van der Waals surface area contributed by atoms with E-state index in [0.717, 1.165) is 29.9 Å². The highest BCUT2D eigenvalue weighted by Crippen LogP contribution is 2.28. The highest BCUT2D eigenvalue weighted by molar-refractivity contribution is 5.76. The molecular weight excluding hydrogens is 390 g/mol. The van der Waals surface area contributed by atoms with Gasteiger partial charge in [0.25, 0.3) is 5.56 Å². The summed E-state index contributed by atoms with van der Waals surface area (Å²) in [6, 6.07) is 10.8. The van der Waals surface area contributed by atoms with Crippen LogP contribution in [-0.4, -0.2) is 33.0 Å². The van der Waals surface area contributed by atoms with Crippen molar-refractivity contribution < 1.29 is 13.5 Å². The largest absolute Gasteiger partial charge is 0.381 e. The summed E-state index contributed by atoms with van der Waals surface area (Å²) in [7, 11) is 0. The normalized spacial score (nSPS) is 15.1. The number of rotatable bonds is 4. The molecule has 0 saturated carbocycles. The van der Waals surface area contributed by atoms with E-state index in [1.807, 2.05) is 24.3 Å². The molecule has 0 spiro atoms. The molecule has 0 radical (unpaired) electrons. The van der Waals surface area contributed by atoms with Gasteiger partial charge in [0, 0.05) is 30.4 Å². The highest BCUT2D eigenvalue weighted by Gasteiger charge is 2.24. The van der Waals surface area contributed by atoms with E-state index in [9.17, 15) is 13.6 Å². The number of imidazole rings is 1. The number of halogens is 2. The van der Waals surface area contributed by atoms with Crippen molar-refractivity contribution in [2.75, 3.05) is 13.2 Å². The fraction of sp³-hybridized carbons (Fsp3) is 0.273. The minimum Gasteiger partial charge on any atom is -0.381 e. The lowest BCUT2D eigenvalue weighted by molar-refractivity contribution is 0.0665. The van der Waals surface area contributed by atoms with Crippen LogP contribution in [-0.2, 0) is 11.2 Å². The maximum atomic E-state index is 14.6. The number of aromatic nitrogens is 4. The summed E-state index contributed by atoms with van der Waals surface area (Å²) in [4.78, 5) is 20.9. The van der Waals surface area contributed by atoms with Crippen molar-refractivity contribution in [3.05, 3.63) is 70.0 Å². The van der Waals surface area contributed by atoms with Crippen molar-refractivity contribution in [2.45, 2.75) is 19.3 Å². The highest BCUT2D eigenvalue weighted by atomic mass is 19.1. The van der Waals surface area contributed by atoms with Crippen LogP contribution in [0.15, 0.2) is 47.3 Å². The lowest BCUT2D eigenvalue weighted by atomic mass is 9.91. The predicted molar refractivity (Wildman–Crippen MR) is 109 cm³/mol. The van der Waals surface area contributed by atoms with Gasteiger partial charge in [0.1, 0.15) is 11.6 Å². The molecule has 2 aromatic heterocycles. The quantitative estimate of drug-likeness (QED) is 0.535. The van der Waals surface area contributed by atoms with Gasteiger partial charge in [0.15, 0.2) is 0 Å². The number of hydrogen-bond acceptors (Lipinski definition) is 3. The zero-order valence-corrected chi connectivity index (χ0v) is 16.1. The van der Waals surface area contributed by atoms with Crippen LogP contribution in [0.2, 0.25) is 0 Å². The Bertz CT molecular complexity index is 1230. The number of nitrogens with one attached hydrogen (secondary N) is 2. The summed E-state index contributed by atoms with van der Waals surface area (Å²) in [6.45, 7) is 1.29. The number of para-hydroxylation sites is 2. The molecule has 154 valence electrons. The number of fused-ring (bicyclic) bond motifs is 1. The van der Waals surface area contributed by atoms with Gasteiger partial charge in [-0.05, 0) is 49.4 Å². The van der Waals surface area contributed by atoms with E-state index in [1.165, 1.54) is 16.8 Å². The number of ether oxygens (including phenoxy) is 1. The summed E-state index contributed by atoms with van der Waals surface area (Å²) < 4.78 is 34.8. The van der Waals surface area contributed by atoms with Gasteiger partial charge in [0.2, 0.25) is 5.95 Å². The Kier molecular flexibility index (Phi) is 4.71. The van der Waals surface area contributed by atoms with Crippen molar-refractivity contribution in [3.8, 4) is 17.2 Å². The van der Waals surface area contributed by atoms with Crippen LogP contribution in [0.5, 0.6) is 0 Å². The molecule has 0 aliphatic carbocycles. The van der Waals surface area contributed by atoms with Crippen LogP contribution in [0.3, 0.4) is 0 Å². The first-order valence-electron chi connectivity index (χ1n) is 9.92. The third-order valence-electron chi connectivity index (χ3n) is 5.61. The molecule has 1 saturated heterocycles. The van der Waals surface area contributed by atoms with E-state index in [2.05, 4.69) is 15.1 Å². The van der Waals surface area contributed by atoms with E-state index >= 15 is 0 Å². The summed E-state index contributed by atoms with van der Waals surface area (Å²) in [5.74, 6) is -0.806. The van der Waals surface area contributed by atoms with Gasteiger partial charge in [-0.1, -0.05) is 12.1 Å². The topological polar surface area (TPSA) is 75.7 Å². The van der Waals surface area contributed by atoms with Crippen LogP contribution in [0, 0.1) is 17.6 Å². The minimum absolute atomic E-state index is 0.158. The summed E-state index contributed by atoms with van der Waals surface area (Å²) in [5.41, 5.74) is 2.19. The van der Waals surface area contributed by atoms with Crippen molar-refractivity contribution in [2.24, 2.45) is 5.92 Å². The van der Waals surface area contributed by atoms with Gasteiger partial charge in [-0.3, -0.25) is 9.89 Å². The maximum Gasteiger partial charge on any atom is 0.277 e. The van der Waals surface area contributed by atoms with Gasteiger partial charge in [0.05, 0.1) is 16.7 Å². The monoisotopic (exact) mass is 410 g/mol. The Hall–Kier alpha value is -3.26. The molecule has 4 aromatic rings. The van der Waals surface area contributed by atoms with Crippen LogP contribution in [0.4, 0.5) is 8.78 Å². The molecule has 2 N–H and O–H groups in total. The maximum absolute atomic E-state index is 14.6. The van der Waals surface area contributed by atoms with Crippen LogP contribution < -0.4 is 5.56 Å². The van der Waals surface area contributed by atoms with Crippen LogP contribution in [0.25, 0.3) is 28.2 Å². The molecule has 1 fully saturated rings. The standard InChI is InChI=1S/C22H20F2N4O2/c23-14-5-6-15(17(24)12-14)20-16(11-13-7-9-30-10-8-13)21(29)28(27-20)22-25-18-3-1-2-4-19(18)26-22/h1-6,12-13,27H,7-11H2,(H,25,26). The minimum atomic E-state index is -0.721. The summed E-state index contributed by atoms with van der Waals surface area (Å²) in [5, 5.41) is 3.01. The number of hydrogen-bond donors (Lipinski definition) is 2. The van der Waals surface area contributed by atoms with E-state index < -0.39 is 11.6 Å². The van der Waals surface area contributed by atoms with Crippen LogP contribution >= 0.6 is 0 Å². The Morgan fingerprint density at radius 3 is 2.70 bits per heavy atom. The average molecular weight is 410 g/mol. The van der Waals surface area contributed by atoms with Gasteiger partial charge in [-0.25, -0.2) is 13.8 Å². The zero-order chi connectivity index (χ0) is 20.7. The summed E-state index contributed by atoms with van der Waals surface area (Å²) in [6.07, 6.45) is 2.15. The molecule has 0 amide bonds. The lowest BCUT2D eigenvalue weighted by Crippen LogP contribution is -2.23. The fourth-order valence-corrected chi connectivity index (χ4v) is 4.01. The molecule has 8 heteroatoms. The third kappa shape index (κ3) is 3.33. The third-order valence-corrected chi connectivity index (χ3v) is 5.61. The second kappa shape index (κ2) is 7.53. The number of benzene rings is 2. The molecule has 3 heterocycles. The van der Waals surface area contributed by atoms with Gasteiger partial charge < -0.3 is 9.72 Å². The molecule has 0 bridgehead atoms. The van der Waals surface area contributed by atoms with Crippen molar-refractivity contribution in [3.63, 3.8) is 0 Å². The Morgan fingerprint density at radius 2 is 1.93 bits per heavy atom. The van der Waals surface area contributed by atoms with E-state index in [0.29, 0.717) is 36.8 Å². The van der Waals surface area contributed by atoms with Crippen LogP contribution in [0.1, 0.15) is 18.4 Å². The molecular formula is C22H20F2N4O2. The molecule has 5 rings (SSSR count). The first kappa shape index (κ1) is 18.7. The van der Waals surface area contributed by atoms with E-state index in [1.54, 1.807) is 0 Å². The SMILES string of the molecule is O=c1c(CC2CCOCC2)c(-c2ccc(F)cc2F)[nH]n1-c1nc2ccccc2[nH]1. The molecule has 0 unspecified atom stereocenters. The molecule has 1 aliphatic rings. The number of H-pyrrole nitrogens is 2. The second-order valence-corrected chi connectivity index (χ2v) is 7.57. The van der Waals surface area contributed by atoms with Gasteiger partial charge in [-0.15, -0.1) is 0 Å². The molecule has 2 aromatic carbocycles. The van der Waals surface area contributed by atoms with Gasteiger partial charge in [-0.2, -0.15) is 4.68 Å². The van der Waals surface area contributed by atoms with E-state index in [4.69, 9.17) is 4.74 Å². The van der Waals surface area contributed by atoms with Gasteiger partial charge >= 0.3 is 0 Å². The Balaban J connectivity index is 1.65. The van der Waals surface area contributed by atoms with E-state index in [-0.39, 0.29) is 17.0 Å². The molecule has 0 atom stereocenters. The average Bonchev–Trinajstić information content (AvgIpc) is 3.31. The number of nitrogens with zero attached hydrogens (tertiary/aromatic N) is 2. The van der Waals surface area contributed by atoms with Crippen molar-refractivity contribution >= 4 is 11.0 Å². The number of aromatic amines is 2. The van der Waals surface area contributed by atoms with Crippen molar-refractivity contribution in [1.82, 2.24) is 19.7 Å². The summed E-state index contributed by atoms with van der Waals surface area (Å²) >= 11 is 0. The first-order chi connectivity index (χ1) is 14.6. The predicted octanol–water partition coefficient (Wildman–Crippen LogP) is 3.96. The molecule has 30 heavy (non-hydrogen) atoms. The molecule has 6 nitrogen and oxygen atoms in total. The van der Waals surface area contributed by atoms with Crippen molar-refractivity contribution in [1.29, 1.82) is 0 Å². The Morgan fingerprint density at radius 1 is 1.13 bits per heavy atom. The lowest BCUT2D eigenvalue weighted by Gasteiger charge is -2.21. The first-order valence-corrected chi connectivity index (χ1v) is 9.92. The Labute approximate surface area is 170 Å². The smallest absolute Gasteiger partial charge is 0.277 e. The fourth-order valence-electron chi connectivity index (χ4n) is 4.01. The second-order valence-electron chi connectivity index (χ2n) is 7.57. The molecule has 1 aliphatic heterocycles. The zero-order valence-electron chi connectivity index (χ0n) is 16.1.